The molecule has 0 aliphatic carbocycles. The third-order valence-electron chi connectivity index (χ3n) is 5.47. The van der Waals surface area contributed by atoms with E-state index in [9.17, 15) is 13.2 Å². The number of nitrogens with zero attached hydrogens (tertiary/aromatic N) is 1. The van der Waals surface area contributed by atoms with E-state index in [1.54, 1.807) is 30.5 Å². The lowest BCUT2D eigenvalue weighted by molar-refractivity contribution is 0.0888. The summed E-state index contributed by atoms with van der Waals surface area (Å²) in [5, 5.41) is 3.59. The summed E-state index contributed by atoms with van der Waals surface area (Å²) in [6.45, 7) is 2.25. The summed E-state index contributed by atoms with van der Waals surface area (Å²) < 4.78 is 35.3. The third kappa shape index (κ3) is 4.60. The summed E-state index contributed by atoms with van der Waals surface area (Å²) in [5.74, 6) is 0.190. The topological polar surface area (TPSA) is 92.8 Å². The van der Waals surface area contributed by atoms with E-state index in [0.29, 0.717) is 23.1 Å². The van der Waals surface area contributed by atoms with Crippen LogP contribution < -0.4 is 5.32 Å². The minimum atomic E-state index is -3.34. The normalized spacial score (nSPS) is 16.6. The highest BCUT2D eigenvalue weighted by Gasteiger charge is 2.27. The molecule has 0 spiro atoms. The Hall–Kier alpha value is -2.58. The van der Waals surface area contributed by atoms with Gasteiger partial charge in [-0.15, -0.1) is 0 Å². The molecule has 1 N–H and O–H groups in total. The van der Waals surface area contributed by atoms with Crippen LogP contribution in [0, 0.1) is 0 Å². The van der Waals surface area contributed by atoms with E-state index in [2.05, 4.69) is 10.2 Å². The van der Waals surface area contributed by atoms with Crippen LogP contribution in [0.3, 0.4) is 0 Å². The first kappa shape index (κ1) is 20.7. The number of rotatable bonds is 7. The largest absolute Gasteiger partial charge is 0.468 e. The van der Waals surface area contributed by atoms with Gasteiger partial charge in [-0.25, -0.2) is 8.42 Å². The highest BCUT2D eigenvalue weighted by atomic mass is 32.2. The summed E-state index contributed by atoms with van der Waals surface area (Å²) >= 11 is 0. The number of benzene rings is 1. The van der Waals surface area contributed by atoms with Crippen molar-refractivity contribution >= 4 is 26.7 Å². The number of fused-ring (bicyclic) bond motifs is 1. The number of carbonyl (C=O) groups excluding carboxylic acids is 1. The maximum atomic E-state index is 13.0. The molecule has 160 valence electrons. The van der Waals surface area contributed by atoms with Gasteiger partial charge in [-0.05, 0) is 44.1 Å². The van der Waals surface area contributed by atoms with Crippen LogP contribution in [0.2, 0.25) is 0 Å². The lowest BCUT2D eigenvalue weighted by Crippen LogP contribution is -2.40. The molecule has 0 saturated carbocycles. The van der Waals surface area contributed by atoms with Gasteiger partial charge in [-0.3, -0.25) is 9.69 Å². The van der Waals surface area contributed by atoms with E-state index in [-0.39, 0.29) is 17.6 Å². The molecule has 1 fully saturated rings. The number of sulfone groups is 1. The van der Waals surface area contributed by atoms with Crippen LogP contribution in [-0.2, 0) is 15.6 Å². The van der Waals surface area contributed by atoms with E-state index in [1.807, 2.05) is 12.1 Å². The molecule has 30 heavy (non-hydrogen) atoms. The Balaban J connectivity index is 1.58. The average molecular weight is 431 g/mol. The predicted octanol–water partition coefficient (Wildman–Crippen LogP) is 3.53. The molecule has 2 aromatic heterocycles. The molecule has 4 rings (SSSR count). The van der Waals surface area contributed by atoms with Crippen molar-refractivity contribution in [1.82, 2.24) is 10.2 Å². The molecule has 3 heterocycles. The Labute approximate surface area is 175 Å². The van der Waals surface area contributed by atoms with Gasteiger partial charge < -0.3 is 14.2 Å². The van der Waals surface area contributed by atoms with Crippen molar-refractivity contribution in [3.8, 4) is 0 Å². The van der Waals surface area contributed by atoms with Crippen molar-refractivity contribution in [2.24, 2.45) is 0 Å². The lowest BCUT2D eigenvalue weighted by Gasteiger charge is -2.33. The van der Waals surface area contributed by atoms with E-state index >= 15 is 0 Å². The van der Waals surface area contributed by atoms with Crippen LogP contribution in [0.15, 0.2) is 51.5 Å². The van der Waals surface area contributed by atoms with Gasteiger partial charge in [0.25, 0.3) is 5.91 Å². The van der Waals surface area contributed by atoms with Crippen LogP contribution in [0.1, 0.15) is 47.2 Å². The molecule has 1 saturated heterocycles. The molecule has 1 aromatic carbocycles. The summed E-state index contributed by atoms with van der Waals surface area (Å²) in [7, 11) is -3.34. The number of piperidine rings is 1. The second-order valence-corrected chi connectivity index (χ2v) is 9.95. The van der Waals surface area contributed by atoms with E-state index < -0.39 is 15.7 Å². The van der Waals surface area contributed by atoms with Gasteiger partial charge in [-0.1, -0.05) is 24.6 Å². The van der Waals surface area contributed by atoms with Gasteiger partial charge in [-0.2, -0.15) is 0 Å². The molecule has 1 aliphatic rings. The molecule has 0 radical (unpaired) electrons. The maximum Gasteiger partial charge on any atom is 0.287 e. The first-order valence-corrected chi connectivity index (χ1v) is 12.2. The molecule has 7 nitrogen and oxygen atoms in total. The van der Waals surface area contributed by atoms with Crippen molar-refractivity contribution in [3.63, 3.8) is 0 Å². The summed E-state index contributed by atoms with van der Waals surface area (Å²) in [4.78, 5) is 15.3. The second-order valence-electron chi connectivity index (χ2n) is 7.81. The predicted molar refractivity (Wildman–Crippen MR) is 114 cm³/mol. The van der Waals surface area contributed by atoms with Crippen LogP contribution in [0.5, 0.6) is 0 Å². The van der Waals surface area contributed by atoms with Gasteiger partial charge in [0, 0.05) is 23.8 Å². The first-order valence-electron chi connectivity index (χ1n) is 10.2. The monoisotopic (exact) mass is 430 g/mol. The van der Waals surface area contributed by atoms with Crippen LogP contribution in [-0.4, -0.2) is 45.1 Å². The highest BCUT2D eigenvalue weighted by molar-refractivity contribution is 7.89. The number of hydrogen-bond donors (Lipinski definition) is 1. The molecule has 8 heteroatoms. The molecule has 1 atom stereocenters. The number of nitrogens with one attached hydrogen (secondary N) is 1. The SMILES string of the molecule is CS(=O)(=O)Cc1c(C(=O)NCC(c2ccco2)N2CCCCC2)oc2ccccc12. The fourth-order valence-electron chi connectivity index (χ4n) is 4.08. The Morgan fingerprint density at radius 1 is 1.13 bits per heavy atom. The Bertz CT molecular complexity index is 1110. The van der Waals surface area contributed by atoms with Crippen molar-refractivity contribution in [3.05, 3.63) is 59.7 Å². The van der Waals surface area contributed by atoms with Gasteiger partial charge >= 0.3 is 0 Å². The molecule has 0 bridgehead atoms. The maximum absolute atomic E-state index is 13.0. The summed E-state index contributed by atoms with van der Waals surface area (Å²) in [6.07, 6.45) is 6.24. The average Bonchev–Trinajstić information content (AvgIpc) is 3.37. The standard InChI is InChI=1S/C22H26N2O5S/c1-30(26,27)15-17-16-8-3-4-9-19(16)29-21(17)22(25)23-14-18(20-10-7-13-28-20)24-11-5-2-6-12-24/h3-4,7-10,13,18H,2,5-6,11-12,14-15H2,1H3,(H,23,25). The number of furan rings is 2. The fraction of sp³-hybridized carbons (Fsp3) is 0.409. The van der Waals surface area contributed by atoms with Crippen molar-refractivity contribution < 1.29 is 22.0 Å². The van der Waals surface area contributed by atoms with Gasteiger partial charge in [0.05, 0.1) is 18.1 Å². The zero-order valence-electron chi connectivity index (χ0n) is 17.0. The molecular formula is C22H26N2O5S. The van der Waals surface area contributed by atoms with Crippen molar-refractivity contribution in [2.45, 2.75) is 31.1 Å². The zero-order valence-corrected chi connectivity index (χ0v) is 17.8. The van der Waals surface area contributed by atoms with Crippen molar-refractivity contribution in [1.29, 1.82) is 0 Å². The van der Waals surface area contributed by atoms with Gasteiger partial charge in [0.1, 0.15) is 11.3 Å². The molecule has 1 amide bonds. The number of hydrogen-bond acceptors (Lipinski definition) is 6. The molecule has 3 aromatic rings. The van der Waals surface area contributed by atoms with Crippen LogP contribution in [0.4, 0.5) is 0 Å². The van der Waals surface area contributed by atoms with E-state index in [4.69, 9.17) is 8.83 Å². The van der Waals surface area contributed by atoms with Gasteiger partial charge in [0.2, 0.25) is 0 Å². The molecular weight excluding hydrogens is 404 g/mol. The third-order valence-corrected chi connectivity index (χ3v) is 6.28. The number of carbonyl (C=O) groups is 1. The zero-order chi connectivity index (χ0) is 21.1. The van der Waals surface area contributed by atoms with Gasteiger partial charge in [0.15, 0.2) is 15.6 Å². The quantitative estimate of drug-likeness (QED) is 0.616. The minimum absolute atomic E-state index is 0.0541. The Kier molecular flexibility index (Phi) is 5.97. The van der Waals surface area contributed by atoms with E-state index in [0.717, 1.165) is 37.9 Å². The van der Waals surface area contributed by atoms with E-state index in [1.165, 1.54) is 6.42 Å². The Morgan fingerprint density at radius 2 is 1.90 bits per heavy atom. The molecule has 1 unspecified atom stereocenters. The summed E-state index contributed by atoms with van der Waals surface area (Å²) in [6, 6.07) is 10.8. The van der Waals surface area contributed by atoms with Crippen LogP contribution >= 0.6 is 0 Å². The fourth-order valence-corrected chi connectivity index (χ4v) is 4.89. The van der Waals surface area contributed by atoms with Crippen LogP contribution in [0.25, 0.3) is 11.0 Å². The lowest BCUT2D eigenvalue weighted by atomic mass is 10.1. The minimum Gasteiger partial charge on any atom is -0.468 e. The molecule has 1 aliphatic heterocycles. The Morgan fingerprint density at radius 3 is 2.60 bits per heavy atom. The smallest absolute Gasteiger partial charge is 0.287 e. The first-order chi connectivity index (χ1) is 14.4. The highest BCUT2D eigenvalue weighted by Crippen LogP contribution is 2.28. The number of para-hydroxylation sites is 1. The number of likely N-dealkylation sites (tertiary alicyclic amines) is 1. The number of amides is 1. The second kappa shape index (κ2) is 8.65. The van der Waals surface area contributed by atoms with Crippen molar-refractivity contribution in [2.75, 3.05) is 25.9 Å². The summed E-state index contributed by atoms with van der Waals surface area (Å²) in [5.41, 5.74) is 0.901.